The Morgan fingerprint density at radius 1 is 1.12 bits per heavy atom. The van der Waals surface area contributed by atoms with Crippen LogP contribution in [0, 0.1) is 0 Å². The van der Waals surface area contributed by atoms with Crippen molar-refractivity contribution in [2.24, 2.45) is 5.73 Å². The minimum absolute atomic E-state index is 0.212. The van der Waals surface area contributed by atoms with Crippen LogP contribution in [0.1, 0.15) is 37.0 Å². The van der Waals surface area contributed by atoms with E-state index in [-0.39, 0.29) is 5.54 Å². The molecule has 0 fully saturated rings. The van der Waals surface area contributed by atoms with Gasteiger partial charge < -0.3 is 10.6 Å². The van der Waals surface area contributed by atoms with E-state index in [4.69, 9.17) is 5.73 Å². The molecule has 0 aromatic heterocycles. The molecule has 0 spiro atoms. The van der Waals surface area contributed by atoms with Gasteiger partial charge in [0.2, 0.25) is 0 Å². The maximum absolute atomic E-state index is 6.21. The fraction of sp³-hybridized carbons (Fsp3) is 0.571. The van der Waals surface area contributed by atoms with Gasteiger partial charge in [-0.3, -0.25) is 0 Å². The minimum Gasteiger partial charge on any atom is -0.371 e. The molecule has 3 rings (SSSR count). The van der Waals surface area contributed by atoms with E-state index in [1.807, 2.05) is 0 Å². The molecule has 2 nitrogen and oxygen atoms in total. The van der Waals surface area contributed by atoms with Crippen LogP contribution in [-0.4, -0.2) is 13.1 Å². The molecule has 1 aromatic carbocycles. The summed E-state index contributed by atoms with van der Waals surface area (Å²) in [7, 11) is 0. The summed E-state index contributed by atoms with van der Waals surface area (Å²) < 4.78 is 0. The lowest BCUT2D eigenvalue weighted by molar-refractivity contribution is 0.552. The topological polar surface area (TPSA) is 29.3 Å². The Morgan fingerprint density at radius 3 is 2.50 bits per heavy atom. The van der Waals surface area contributed by atoms with Gasteiger partial charge in [0.25, 0.3) is 0 Å². The second-order valence-electron chi connectivity index (χ2n) is 5.71. The Morgan fingerprint density at radius 2 is 1.81 bits per heavy atom. The van der Waals surface area contributed by atoms with E-state index in [9.17, 15) is 0 Å². The van der Waals surface area contributed by atoms with Crippen LogP contribution in [0.25, 0.3) is 0 Å². The number of aryl methyl sites for hydroxylation is 1. The van der Waals surface area contributed by atoms with Gasteiger partial charge in [-0.2, -0.15) is 0 Å². The smallest absolute Gasteiger partial charge is 0.0432 e. The molecule has 0 saturated carbocycles. The van der Waals surface area contributed by atoms with Crippen molar-refractivity contribution < 1.29 is 0 Å². The molecule has 2 heteroatoms. The number of benzene rings is 1. The molecule has 1 aromatic rings. The fourth-order valence-electron chi connectivity index (χ4n) is 2.97. The van der Waals surface area contributed by atoms with Crippen molar-refractivity contribution in [3.05, 3.63) is 28.8 Å². The quantitative estimate of drug-likeness (QED) is 0.779. The number of anilines is 1. The molecule has 2 aliphatic rings. The number of hydrogen-bond donors (Lipinski definition) is 1. The van der Waals surface area contributed by atoms with Crippen LogP contribution < -0.4 is 10.6 Å². The van der Waals surface area contributed by atoms with Crippen LogP contribution in [0.3, 0.4) is 0 Å². The van der Waals surface area contributed by atoms with Crippen molar-refractivity contribution in [3.8, 4) is 0 Å². The lowest BCUT2D eigenvalue weighted by Gasteiger charge is -2.29. The standard InChI is InChI=1S/C14H20N2/c1-14(2,15)12-8-10-4-3-6-16-7-5-11(9-12)13(10)16/h8-9H,3-7,15H2,1-2H3. The predicted octanol–water partition coefficient (Wildman–Crippen LogP) is 2.19. The number of hydrogen-bond acceptors (Lipinski definition) is 2. The van der Waals surface area contributed by atoms with E-state index in [1.165, 1.54) is 54.7 Å². The zero-order chi connectivity index (χ0) is 11.3. The van der Waals surface area contributed by atoms with Crippen LogP contribution in [-0.2, 0) is 18.4 Å². The number of nitrogens with two attached hydrogens (primary N) is 1. The molecule has 0 atom stereocenters. The summed E-state index contributed by atoms with van der Waals surface area (Å²) in [6.07, 6.45) is 3.72. The molecular formula is C14H20N2. The van der Waals surface area contributed by atoms with Crippen molar-refractivity contribution in [1.82, 2.24) is 0 Å². The number of rotatable bonds is 1. The van der Waals surface area contributed by atoms with Gasteiger partial charge in [-0.25, -0.2) is 0 Å². The van der Waals surface area contributed by atoms with Crippen LogP contribution in [0.5, 0.6) is 0 Å². The summed E-state index contributed by atoms with van der Waals surface area (Å²) in [6.45, 7) is 6.64. The van der Waals surface area contributed by atoms with Gasteiger partial charge >= 0.3 is 0 Å². The first-order valence-electron chi connectivity index (χ1n) is 6.26. The third kappa shape index (κ3) is 1.44. The van der Waals surface area contributed by atoms with Crippen LogP contribution in [0.2, 0.25) is 0 Å². The minimum atomic E-state index is -0.212. The zero-order valence-corrected chi connectivity index (χ0v) is 10.2. The average molecular weight is 216 g/mol. The van der Waals surface area contributed by atoms with Crippen molar-refractivity contribution in [2.75, 3.05) is 18.0 Å². The monoisotopic (exact) mass is 216 g/mol. The molecule has 0 amide bonds. The molecule has 0 unspecified atom stereocenters. The van der Waals surface area contributed by atoms with E-state index >= 15 is 0 Å². The van der Waals surface area contributed by atoms with E-state index in [2.05, 4.69) is 30.9 Å². The Kier molecular flexibility index (Phi) is 2.05. The summed E-state index contributed by atoms with van der Waals surface area (Å²) in [5, 5.41) is 0. The predicted molar refractivity (Wildman–Crippen MR) is 67.9 cm³/mol. The van der Waals surface area contributed by atoms with E-state index < -0.39 is 0 Å². The summed E-state index contributed by atoms with van der Waals surface area (Å²) in [4.78, 5) is 2.54. The highest BCUT2D eigenvalue weighted by Gasteiger charge is 2.28. The Labute approximate surface area is 97.4 Å². The molecule has 0 aliphatic carbocycles. The highest BCUT2D eigenvalue weighted by atomic mass is 15.2. The first-order chi connectivity index (χ1) is 7.55. The fourth-order valence-corrected chi connectivity index (χ4v) is 2.97. The summed E-state index contributed by atoms with van der Waals surface area (Å²) in [5.74, 6) is 0. The lowest BCUT2D eigenvalue weighted by atomic mass is 9.89. The Bertz CT molecular complexity index is 429. The molecule has 2 heterocycles. The van der Waals surface area contributed by atoms with E-state index in [0.717, 1.165) is 0 Å². The third-order valence-electron chi connectivity index (χ3n) is 3.85. The maximum Gasteiger partial charge on any atom is 0.0432 e. The third-order valence-corrected chi connectivity index (χ3v) is 3.85. The average Bonchev–Trinajstić information content (AvgIpc) is 2.62. The van der Waals surface area contributed by atoms with Crippen LogP contribution >= 0.6 is 0 Å². The molecule has 0 saturated heterocycles. The molecule has 16 heavy (non-hydrogen) atoms. The van der Waals surface area contributed by atoms with E-state index in [1.54, 1.807) is 0 Å². The highest BCUT2D eigenvalue weighted by Crippen LogP contribution is 2.38. The highest BCUT2D eigenvalue weighted by molar-refractivity contribution is 5.66. The largest absolute Gasteiger partial charge is 0.371 e. The zero-order valence-electron chi connectivity index (χ0n) is 10.2. The van der Waals surface area contributed by atoms with Crippen molar-refractivity contribution in [1.29, 1.82) is 0 Å². The molecule has 0 radical (unpaired) electrons. The molecule has 86 valence electrons. The first-order valence-corrected chi connectivity index (χ1v) is 6.26. The van der Waals surface area contributed by atoms with Crippen molar-refractivity contribution in [3.63, 3.8) is 0 Å². The molecule has 2 aliphatic heterocycles. The second-order valence-corrected chi connectivity index (χ2v) is 5.71. The summed E-state index contributed by atoms with van der Waals surface area (Å²) >= 11 is 0. The van der Waals surface area contributed by atoms with Gasteiger partial charge in [-0.15, -0.1) is 0 Å². The number of nitrogens with zero attached hydrogens (tertiary/aromatic N) is 1. The normalized spacial score (nSPS) is 18.8. The molecule has 0 bridgehead atoms. The Balaban J connectivity index is 2.15. The SMILES string of the molecule is CC(C)(N)c1cc2c3c(c1)CCN3CCC2. The summed E-state index contributed by atoms with van der Waals surface area (Å²) in [6, 6.07) is 4.65. The van der Waals surface area contributed by atoms with Crippen molar-refractivity contribution in [2.45, 2.75) is 38.6 Å². The van der Waals surface area contributed by atoms with Gasteiger partial charge in [0.1, 0.15) is 0 Å². The van der Waals surface area contributed by atoms with Gasteiger partial charge in [-0.05, 0) is 49.8 Å². The first kappa shape index (κ1) is 10.2. The van der Waals surface area contributed by atoms with Gasteiger partial charge in [-0.1, -0.05) is 12.1 Å². The molecule has 2 N–H and O–H groups in total. The Hall–Kier alpha value is -1.02. The van der Waals surface area contributed by atoms with Gasteiger partial charge in [0.15, 0.2) is 0 Å². The van der Waals surface area contributed by atoms with Crippen LogP contribution in [0.15, 0.2) is 12.1 Å². The lowest BCUT2D eigenvalue weighted by Crippen LogP contribution is -2.30. The second kappa shape index (κ2) is 3.24. The van der Waals surface area contributed by atoms with Gasteiger partial charge in [0, 0.05) is 24.3 Å². The van der Waals surface area contributed by atoms with E-state index in [0.29, 0.717) is 0 Å². The molecular weight excluding hydrogens is 196 g/mol. The van der Waals surface area contributed by atoms with Crippen molar-refractivity contribution >= 4 is 5.69 Å². The van der Waals surface area contributed by atoms with Crippen LogP contribution in [0.4, 0.5) is 5.69 Å². The maximum atomic E-state index is 6.21. The summed E-state index contributed by atoms with van der Waals surface area (Å²) in [5.41, 5.74) is 11.9. The van der Waals surface area contributed by atoms with Gasteiger partial charge in [0.05, 0.1) is 0 Å².